The van der Waals surface area contributed by atoms with Gasteiger partial charge in [-0.3, -0.25) is 9.59 Å². The van der Waals surface area contributed by atoms with E-state index in [2.05, 4.69) is 12.2 Å². The number of likely N-dealkylation sites (tertiary alicyclic amines) is 1. The molecule has 2 amide bonds. The van der Waals surface area contributed by atoms with Crippen molar-refractivity contribution in [1.29, 1.82) is 0 Å². The molecule has 1 aliphatic rings. The van der Waals surface area contributed by atoms with Crippen LogP contribution in [0.4, 0.5) is 5.69 Å². The topological polar surface area (TPSA) is 49.4 Å². The Morgan fingerprint density at radius 3 is 2.31 bits per heavy atom. The van der Waals surface area contributed by atoms with Crippen molar-refractivity contribution in [2.45, 2.75) is 19.8 Å². The summed E-state index contributed by atoms with van der Waals surface area (Å²) in [5.41, 5.74) is 1.32. The van der Waals surface area contributed by atoms with Gasteiger partial charge in [-0.05, 0) is 49.1 Å². The summed E-state index contributed by atoms with van der Waals surface area (Å²) in [7, 11) is 0. The number of para-hydroxylation sites is 1. The first kappa shape index (κ1) is 18.7. The Labute approximate surface area is 163 Å². The molecule has 0 aliphatic carbocycles. The van der Waals surface area contributed by atoms with Crippen LogP contribution in [-0.2, 0) is 0 Å². The van der Waals surface area contributed by atoms with Gasteiger partial charge in [0.1, 0.15) is 0 Å². The van der Waals surface area contributed by atoms with Gasteiger partial charge in [0.2, 0.25) is 0 Å². The predicted octanol–water partition coefficient (Wildman–Crippen LogP) is 5.12. The first-order chi connectivity index (χ1) is 12.4. The Hall–Kier alpha value is -2.04. The zero-order valence-corrected chi connectivity index (χ0v) is 16.0. The molecule has 0 saturated carbocycles. The van der Waals surface area contributed by atoms with Crippen molar-refractivity contribution in [2.24, 2.45) is 5.92 Å². The quantitative estimate of drug-likeness (QED) is 0.790. The molecule has 6 heteroatoms. The fourth-order valence-electron chi connectivity index (χ4n) is 3.04. The molecule has 136 valence electrons. The van der Waals surface area contributed by atoms with Gasteiger partial charge in [-0.15, -0.1) is 0 Å². The molecule has 0 spiro atoms. The van der Waals surface area contributed by atoms with E-state index in [0.29, 0.717) is 32.8 Å². The number of hydrogen-bond donors (Lipinski definition) is 1. The van der Waals surface area contributed by atoms with Crippen LogP contribution in [0.2, 0.25) is 10.0 Å². The van der Waals surface area contributed by atoms with E-state index in [-0.39, 0.29) is 11.8 Å². The molecule has 4 nitrogen and oxygen atoms in total. The van der Waals surface area contributed by atoms with Crippen molar-refractivity contribution >= 4 is 40.7 Å². The number of halogens is 2. The number of rotatable bonds is 3. The summed E-state index contributed by atoms with van der Waals surface area (Å²) >= 11 is 11.9. The van der Waals surface area contributed by atoms with Gasteiger partial charge in [-0.1, -0.05) is 42.3 Å². The molecule has 2 aromatic carbocycles. The number of nitrogens with zero attached hydrogens (tertiary/aromatic N) is 1. The van der Waals surface area contributed by atoms with Gasteiger partial charge in [0.15, 0.2) is 0 Å². The monoisotopic (exact) mass is 390 g/mol. The summed E-state index contributed by atoms with van der Waals surface area (Å²) in [4.78, 5) is 27.3. The molecule has 1 heterocycles. The number of nitrogens with one attached hydrogen (secondary N) is 1. The van der Waals surface area contributed by atoms with Crippen molar-refractivity contribution in [2.75, 3.05) is 18.4 Å². The van der Waals surface area contributed by atoms with Gasteiger partial charge < -0.3 is 10.2 Å². The molecule has 1 aliphatic heterocycles. The van der Waals surface area contributed by atoms with E-state index in [0.717, 1.165) is 25.9 Å². The summed E-state index contributed by atoms with van der Waals surface area (Å²) in [6.45, 7) is 3.68. The molecular weight excluding hydrogens is 371 g/mol. The van der Waals surface area contributed by atoms with Crippen LogP contribution in [0, 0.1) is 5.92 Å². The lowest BCUT2D eigenvalue weighted by molar-refractivity contribution is 0.0698. The molecule has 0 bridgehead atoms. The third-order valence-electron chi connectivity index (χ3n) is 4.60. The van der Waals surface area contributed by atoms with Gasteiger partial charge in [0.25, 0.3) is 11.8 Å². The third kappa shape index (κ3) is 4.37. The van der Waals surface area contributed by atoms with Gasteiger partial charge in [0, 0.05) is 28.7 Å². The maximum atomic E-state index is 12.9. The Morgan fingerprint density at radius 2 is 1.65 bits per heavy atom. The molecule has 0 aromatic heterocycles. The maximum Gasteiger partial charge on any atom is 0.255 e. The van der Waals surface area contributed by atoms with Crippen LogP contribution in [-0.4, -0.2) is 29.8 Å². The van der Waals surface area contributed by atoms with Crippen molar-refractivity contribution in [3.63, 3.8) is 0 Å². The molecule has 1 fully saturated rings. The van der Waals surface area contributed by atoms with Gasteiger partial charge in [0.05, 0.1) is 11.3 Å². The van der Waals surface area contributed by atoms with Crippen LogP contribution < -0.4 is 5.32 Å². The second-order valence-corrected chi connectivity index (χ2v) is 7.51. The average Bonchev–Trinajstić information content (AvgIpc) is 2.61. The van der Waals surface area contributed by atoms with E-state index >= 15 is 0 Å². The first-order valence-corrected chi connectivity index (χ1v) is 9.35. The standard InChI is InChI=1S/C20H20Cl2N2O2/c1-13-6-8-24(9-7-13)20(26)17-4-2-3-5-18(17)23-19(25)14-10-15(21)12-16(22)11-14/h2-5,10-13H,6-9H2,1H3,(H,23,25). The number of hydrogen-bond acceptors (Lipinski definition) is 2. The smallest absolute Gasteiger partial charge is 0.255 e. The zero-order valence-electron chi connectivity index (χ0n) is 14.5. The summed E-state index contributed by atoms with van der Waals surface area (Å²) < 4.78 is 0. The maximum absolute atomic E-state index is 12.9. The van der Waals surface area contributed by atoms with Crippen molar-refractivity contribution in [3.8, 4) is 0 Å². The molecule has 1 N–H and O–H groups in total. The first-order valence-electron chi connectivity index (χ1n) is 8.60. The fraction of sp³-hybridized carbons (Fsp3) is 0.300. The van der Waals surface area contributed by atoms with Gasteiger partial charge in [-0.2, -0.15) is 0 Å². The lowest BCUT2D eigenvalue weighted by atomic mass is 9.98. The van der Waals surface area contributed by atoms with Crippen molar-refractivity contribution in [1.82, 2.24) is 4.90 Å². The van der Waals surface area contributed by atoms with Gasteiger partial charge >= 0.3 is 0 Å². The van der Waals surface area contributed by atoms with Crippen LogP contribution in [0.25, 0.3) is 0 Å². The van der Waals surface area contributed by atoms with E-state index in [1.165, 1.54) is 0 Å². The number of carbonyl (C=O) groups excluding carboxylic acids is 2. The second-order valence-electron chi connectivity index (χ2n) is 6.63. The molecule has 2 aromatic rings. The molecule has 26 heavy (non-hydrogen) atoms. The lowest BCUT2D eigenvalue weighted by Gasteiger charge is -2.30. The largest absolute Gasteiger partial charge is 0.339 e. The van der Waals surface area contributed by atoms with Gasteiger partial charge in [-0.25, -0.2) is 0 Å². The number of anilines is 1. The highest BCUT2D eigenvalue weighted by Crippen LogP contribution is 2.24. The summed E-state index contributed by atoms with van der Waals surface area (Å²) in [5, 5.41) is 3.57. The molecule has 3 rings (SSSR count). The highest BCUT2D eigenvalue weighted by Gasteiger charge is 2.23. The van der Waals surface area contributed by atoms with Crippen LogP contribution in [0.3, 0.4) is 0 Å². The summed E-state index contributed by atoms with van der Waals surface area (Å²) in [6, 6.07) is 11.7. The highest BCUT2D eigenvalue weighted by atomic mass is 35.5. The van der Waals surface area contributed by atoms with Crippen LogP contribution in [0.5, 0.6) is 0 Å². The zero-order chi connectivity index (χ0) is 18.7. The molecule has 0 atom stereocenters. The molecular formula is C20H20Cl2N2O2. The van der Waals surface area contributed by atoms with Crippen molar-refractivity contribution in [3.05, 3.63) is 63.6 Å². The van der Waals surface area contributed by atoms with E-state index in [1.807, 2.05) is 4.90 Å². The highest BCUT2D eigenvalue weighted by molar-refractivity contribution is 6.35. The van der Waals surface area contributed by atoms with Crippen LogP contribution >= 0.6 is 23.2 Å². The second kappa shape index (κ2) is 8.11. The minimum absolute atomic E-state index is 0.0584. The molecule has 0 unspecified atom stereocenters. The van der Waals surface area contributed by atoms with E-state index in [9.17, 15) is 9.59 Å². The minimum Gasteiger partial charge on any atom is -0.339 e. The summed E-state index contributed by atoms with van der Waals surface area (Å²) in [5.74, 6) is 0.223. The molecule has 0 radical (unpaired) electrons. The van der Waals surface area contributed by atoms with E-state index < -0.39 is 0 Å². The number of piperidine rings is 1. The average molecular weight is 391 g/mol. The number of carbonyl (C=O) groups is 2. The number of benzene rings is 2. The Morgan fingerprint density at radius 1 is 1.04 bits per heavy atom. The van der Waals surface area contributed by atoms with Crippen LogP contribution in [0.1, 0.15) is 40.5 Å². The third-order valence-corrected chi connectivity index (χ3v) is 5.04. The number of amides is 2. The Kier molecular flexibility index (Phi) is 5.84. The molecule has 1 saturated heterocycles. The predicted molar refractivity (Wildman–Crippen MR) is 105 cm³/mol. The van der Waals surface area contributed by atoms with Crippen LogP contribution in [0.15, 0.2) is 42.5 Å². The Balaban J connectivity index is 1.80. The normalized spacial score (nSPS) is 15.0. The fourth-order valence-corrected chi connectivity index (χ4v) is 3.57. The summed E-state index contributed by atoms with van der Waals surface area (Å²) in [6.07, 6.45) is 2.00. The van der Waals surface area contributed by atoms with Crippen molar-refractivity contribution < 1.29 is 9.59 Å². The minimum atomic E-state index is -0.359. The van der Waals surface area contributed by atoms with E-state index in [1.54, 1.807) is 42.5 Å². The lowest BCUT2D eigenvalue weighted by Crippen LogP contribution is -2.38. The SMILES string of the molecule is CC1CCN(C(=O)c2ccccc2NC(=O)c2cc(Cl)cc(Cl)c2)CC1. The Bertz CT molecular complexity index is 810. The van der Waals surface area contributed by atoms with E-state index in [4.69, 9.17) is 23.2 Å².